The lowest BCUT2D eigenvalue weighted by molar-refractivity contribution is -0.116. The van der Waals surface area contributed by atoms with Gasteiger partial charge in [0, 0.05) is 31.4 Å². The number of nitrogens with one attached hydrogen (secondary N) is 1. The van der Waals surface area contributed by atoms with Gasteiger partial charge in [0.25, 0.3) is 0 Å². The SMILES string of the molecule is CN(CCC(=O)Nc1ccccc1)c1ccccc1. The second-order valence-corrected chi connectivity index (χ2v) is 4.42. The first-order valence-electron chi connectivity index (χ1n) is 6.37. The summed E-state index contributed by atoms with van der Waals surface area (Å²) in [6, 6.07) is 19.6. The van der Waals surface area contributed by atoms with Crippen LogP contribution >= 0.6 is 0 Å². The molecule has 0 spiro atoms. The van der Waals surface area contributed by atoms with Crippen molar-refractivity contribution in [2.45, 2.75) is 6.42 Å². The zero-order chi connectivity index (χ0) is 13.5. The van der Waals surface area contributed by atoms with E-state index in [9.17, 15) is 4.79 Å². The van der Waals surface area contributed by atoms with Crippen molar-refractivity contribution in [1.29, 1.82) is 0 Å². The van der Waals surface area contributed by atoms with Crippen LogP contribution in [0.1, 0.15) is 6.42 Å². The molecule has 3 heteroatoms. The second-order valence-electron chi connectivity index (χ2n) is 4.42. The Morgan fingerprint density at radius 2 is 1.58 bits per heavy atom. The highest BCUT2D eigenvalue weighted by Gasteiger charge is 2.05. The van der Waals surface area contributed by atoms with Crippen LogP contribution < -0.4 is 10.2 Å². The number of anilines is 2. The molecule has 2 aromatic rings. The Labute approximate surface area is 113 Å². The number of carbonyl (C=O) groups excluding carboxylic acids is 1. The van der Waals surface area contributed by atoms with Crippen molar-refractivity contribution in [3.05, 3.63) is 60.7 Å². The minimum Gasteiger partial charge on any atom is -0.374 e. The molecule has 1 N–H and O–H groups in total. The average molecular weight is 254 g/mol. The van der Waals surface area contributed by atoms with Gasteiger partial charge in [-0.2, -0.15) is 0 Å². The van der Waals surface area contributed by atoms with E-state index in [4.69, 9.17) is 0 Å². The largest absolute Gasteiger partial charge is 0.374 e. The average Bonchev–Trinajstić information content (AvgIpc) is 2.47. The summed E-state index contributed by atoms with van der Waals surface area (Å²) < 4.78 is 0. The smallest absolute Gasteiger partial charge is 0.226 e. The van der Waals surface area contributed by atoms with E-state index in [2.05, 4.69) is 10.2 Å². The van der Waals surface area contributed by atoms with Gasteiger partial charge in [0.15, 0.2) is 0 Å². The maximum absolute atomic E-state index is 11.8. The Morgan fingerprint density at radius 3 is 2.21 bits per heavy atom. The van der Waals surface area contributed by atoms with Crippen LogP contribution in [0.4, 0.5) is 11.4 Å². The normalized spacial score (nSPS) is 9.95. The van der Waals surface area contributed by atoms with Gasteiger partial charge in [-0.25, -0.2) is 0 Å². The van der Waals surface area contributed by atoms with E-state index in [1.54, 1.807) is 0 Å². The van der Waals surface area contributed by atoms with Crippen LogP contribution in [0, 0.1) is 0 Å². The molecule has 98 valence electrons. The van der Waals surface area contributed by atoms with E-state index in [0.29, 0.717) is 13.0 Å². The third-order valence-corrected chi connectivity index (χ3v) is 2.93. The summed E-state index contributed by atoms with van der Waals surface area (Å²) in [5, 5.41) is 2.88. The molecule has 2 rings (SSSR count). The third kappa shape index (κ3) is 4.14. The zero-order valence-electron chi connectivity index (χ0n) is 11.0. The lowest BCUT2D eigenvalue weighted by Gasteiger charge is -2.18. The van der Waals surface area contributed by atoms with Gasteiger partial charge in [-0.1, -0.05) is 36.4 Å². The molecule has 0 radical (unpaired) electrons. The molecule has 0 unspecified atom stereocenters. The summed E-state index contributed by atoms with van der Waals surface area (Å²) in [6.07, 6.45) is 0.473. The number of rotatable bonds is 5. The number of nitrogens with zero attached hydrogens (tertiary/aromatic N) is 1. The van der Waals surface area contributed by atoms with Gasteiger partial charge in [-0.05, 0) is 24.3 Å². The number of carbonyl (C=O) groups is 1. The van der Waals surface area contributed by atoms with Gasteiger partial charge in [-0.15, -0.1) is 0 Å². The molecule has 0 bridgehead atoms. The lowest BCUT2D eigenvalue weighted by atomic mass is 10.2. The maximum atomic E-state index is 11.8. The summed E-state index contributed by atoms with van der Waals surface area (Å²) in [5.41, 5.74) is 1.96. The molecule has 0 atom stereocenters. The summed E-state index contributed by atoms with van der Waals surface area (Å²) in [6.45, 7) is 0.697. The van der Waals surface area contributed by atoms with Gasteiger partial charge in [0.05, 0.1) is 0 Å². The number of para-hydroxylation sites is 2. The van der Waals surface area contributed by atoms with Crippen LogP contribution in [-0.4, -0.2) is 19.5 Å². The van der Waals surface area contributed by atoms with Gasteiger partial charge in [-0.3, -0.25) is 4.79 Å². The fourth-order valence-electron chi connectivity index (χ4n) is 1.83. The molecule has 3 nitrogen and oxygen atoms in total. The van der Waals surface area contributed by atoms with Crippen molar-refractivity contribution >= 4 is 17.3 Å². The van der Waals surface area contributed by atoms with E-state index >= 15 is 0 Å². The van der Waals surface area contributed by atoms with Gasteiger partial charge in [0.1, 0.15) is 0 Å². The summed E-state index contributed by atoms with van der Waals surface area (Å²) in [5.74, 6) is 0.0361. The van der Waals surface area contributed by atoms with E-state index in [-0.39, 0.29) is 5.91 Å². The minimum absolute atomic E-state index is 0.0361. The molecule has 19 heavy (non-hydrogen) atoms. The zero-order valence-corrected chi connectivity index (χ0v) is 11.0. The first-order valence-corrected chi connectivity index (χ1v) is 6.37. The standard InChI is InChI=1S/C16H18N2O/c1-18(15-10-6-3-7-11-15)13-12-16(19)17-14-8-4-2-5-9-14/h2-11H,12-13H2,1H3,(H,17,19). The topological polar surface area (TPSA) is 32.3 Å². The minimum atomic E-state index is 0.0361. The van der Waals surface area contributed by atoms with E-state index in [1.165, 1.54) is 0 Å². The van der Waals surface area contributed by atoms with Crippen LogP contribution in [0.3, 0.4) is 0 Å². The summed E-state index contributed by atoms with van der Waals surface area (Å²) in [4.78, 5) is 13.9. The molecule has 0 fully saturated rings. The Balaban J connectivity index is 1.81. The van der Waals surface area contributed by atoms with Crippen molar-refractivity contribution in [2.24, 2.45) is 0 Å². The van der Waals surface area contributed by atoms with Crippen molar-refractivity contribution in [1.82, 2.24) is 0 Å². The molecule has 0 saturated carbocycles. The molecular formula is C16H18N2O. The van der Waals surface area contributed by atoms with Gasteiger partial charge >= 0.3 is 0 Å². The highest BCUT2D eigenvalue weighted by molar-refractivity contribution is 5.90. The highest BCUT2D eigenvalue weighted by Crippen LogP contribution is 2.11. The predicted molar refractivity (Wildman–Crippen MR) is 79.4 cm³/mol. The van der Waals surface area contributed by atoms with Crippen LogP contribution in [-0.2, 0) is 4.79 Å². The first-order chi connectivity index (χ1) is 9.25. The first kappa shape index (κ1) is 13.1. The predicted octanol–water partition coefficient (Wildman–Crippen LogP) is 3.15. The molecule has 0 aromatic heterocycles. The fourth-order valence-corrected chi connectivity index (χ4v) is 1.83. The third-order valence-electron chi connectivity index (χ3n) is 2.93. The van der Waals surface area contributed by atoms with E-state index < -0.39 is 0 Å². The molecule has 0 heterocycles. The maximum Gasteiger partial charge on any atom is 0.226 e. The van der Waals surface area contributed by atoms with Crippen LogP contribution in [0.5, 0.6) is 0 Å². The summed E-state index contributed by atoms with van der Waals surface area (Å²) in [7, 11) is 1.99. The fraction of sp³-hybridized carbons (Fsp3) is 0.188. The summed E-state index contributed by atoms with van der Waals surface area (Å²) >= 11 is 0. The highest BCUT2D eigenvalue weighted by atomic mass is 16.1. The quantitative estimate of drug-likeness (QED) is 0.889. The molecule has 0 aliphatic carbocycles. The molecule has 0 aliphatic heterocycles. The lowest BCUT2D eigenvalue weighted by Crippen LogP contribution is -2.23. The number of benzene rings is 2. The van der Waals surface area contributed by atoms with Crippen LogP contribution in [0.25, 0.3) is 0 Å². The molecule has 0 aliphatic rings. The number of hydrogen-bond acceptors (Lipinski definition) is 2. The Morgan fingerprint density at radius 1 is 1.00 bits per heavy atom. The second kappa shape index (κ2) is 6.59. The van der Waals surface area contributed by atoms with Crippen LogP contribution in [0.2, 0.25) is 0 Å². The van der Waals surface area contributed by atoms with Crippen molar-refractivity contribution < 1.29 is 4.79 Å². The molecule has 0 saturated heterocycles. The Kier molecular flexibility index (Phi) is 4.56. The van der Waals surface area contributed by atoms with Crippen molar-refractivity contribution in [3.63, 3.8) is 0 Å². The Bertz CT molecular complexity index is 511. The molecule has 1 amide bonds. The number of amides is 1. The monoisotopic (exact) mass is 254 g/mol. The van der Waals surface area contributed by atoms with Crippen molar-refractivity contribution in [2.75, 3.05) is 23.8 Å². The molecule has 2 aromatic carbocycles. The van der Waals surface area contributed by atoms with Gasteiger partial charge in [0.2, 0.25) is 5.91 Å². The van der Waals surface area contributed by atoms with Crippen LogP contribution in [0.15, 0.2) is 60.7 Å². The van der Waals surface area contributed by atoms with E-state index in [0.717, 1.165) is 11.4 Å². The number of hydrogen-bond donors (Lipinski definition) is 1. The van der Waals surface area contributed by atoms with Gasteiger partial charge < -0.3 is 10.2 Å². The van der Waals surface area contributed by atoms with E-state index in [1.807, 2.05) is 67.7 Å². The Hall–Kier alpha value is -2.29. The molecular weight excluding hydrogens is 236 g/mol. The van der Waals surface area contributed by atoms with Crippen molar-refractivity contribution in [3.8, 4) is 0 Å².